The molecule has 0 spiro atoms. The van der Waals surface area contributed by atoms with E-state index in [0.717, 1.165) is 0 Å². The number of phenols is 1. The quantitative estimate of drug-likeness (QED) is 0.273. The van der Waals surface area contributed by atoms with Gasteiger partial charge in [-0.2, -0.15) is 0 Å². The number of hydrogen-bond acceptors (Lipinski definition) is 4. The van der Waals surface area contributed by atoms with Gasteiger partial charge in [0.05, 0.1) is 16.8 Å². The standard InChI is InChI=1S/C15H23N5O4S/c1-15(2,3)18-12(16)13(19-25(23)24)17-10-8-6-7-9(11(10)21)14(22)20(4)5/h6-8,21H,1-5H3,(H2,16,18)(H,17,19)(H,23,24). The fraction of sp³-hybridized carbons (Fsp3) is 0.400. The van der Waals surface area contributed by atoms with E-state index in [4.69, 9.17) is 10.3 Å². The van der Waals surface area contributed by atoms with Crippen molar-refractivity contribution in [2.24, 2.45) is 15.1 Å². The van der Waals surface area contributed by atoms with Crippen LogP contribution in [0.4, 0.5) is 5.69 Å². The number of anilines is 1. The largest absolute Gasteiger partial charge is 0.505 e. The Labute approximate surface area is 149 Å². The lowest BCUT2D eigenvalue weighted by Crippen LogP contribution is -2.34. The van der Waals surface area contributed by atoms with Gasteiger partial charge in [-0.05, 0) is 32.9 Å². The fourth-order valence-electron chi connectivity index (χ4n) is 1.81. The second-order valence-electron chi connectivity index (χ2n) is 6.36. The Morgan fingerprint density at radius 1 is 1.32 bits per heavy atom. The molecule has 1 aromatic rings. The number of aliphatic imine (C=N–C) groups is 1. The van der Waals surface area contributed by atoms with Crippen molar-refractivity contribution in [1.82, 2.24) is 4.90 Å². The maximum absolute atomic E-state index is 12.1. The topological polar surface area (TPSA) is 141 Å². The number of amidine groups is 2. The molecule has 1 aromatic carbocycles. The highest BCUT2D eigenvalue weighted by atomic mass is 32.2. The van der Waals surface area contributed by atoms with Crippen LogP contribution in [0.2, 0.25) is 0 Å². The molecule has 0 aliphatic heterocycles. The summed E-state index contributed by atoms with van der Waals surface area (Å²) in [4.78, 5) is 17.6. The molecule has 1 atom stereocenters. The minimum Gasteiger partial charge on any atom is -0.505 e. The first-order chi connectivity index (χ1) is 11.4. The summed E-state index contributed by atoms with van der Waals surface area (Å²) in [5.41, 5.74) is 5.47. The van der Waals surface area contributed by atoms with Crippen molar-refractivity contribution in [3.05, 3.63) is 23.8 Å². The summed E-state index contributed by atoms with van der Waals surface area (Å²) in [5.74, 6) is -1.04. The lowest BCUT2D eigenvalue weighted by Gasteiger charge is -2.17. The van der Waals surface area contributed by atoms with Crippen LogP contribution >= 0.6 is 0 Å². The number of carbonyl (C=O) groups excluding carboxylic acids is 1. The van der Waals surface area contributed by atoms with Gasteiger partial charge >= 0.3 is 0 Å². The van der Waals surface area contributed by atoms with E-state index in [1.807, 2.05) is 0 Å². The Hall–Kier alpha value is -2.46. The molecule has 1 unspecified atom stereocenters. The third-order valence-electron chi connectivity index (χ3n) is 2.79. The van der Waals surface area contributed by atoms with Crippen LogP contribution in [0.15, 0.2) is 27.6 Å². The number of nitrogens with zero attached hydrogens (tertiary/aromatic N) is 3. The first kappa shape index (κ1) is 20.6. The van der Waals surface area contributed by atoms with Gasteiger partial charge in [0.25, 0.3) is 17.2 Å². The molecular weight excluding hydrogens is 346 g/mol. The van der Waals surface area contributed by atoms with E-state index in [-0.39, 0.29) is 28.7 Å². The summed E-state index contributed by atoms with van der Waals surface area (Å²) in [6, 6.07) is 4.47. The molecule has 0 bridgehead atoms. The Morgan fingerprint density at radius 3 is 2.40 bits per heavy atom. The summed E-state index contributed by atoms with van der Waals surface area (Å²) < 4.78 is 23.6. The van der Waals surface area contributed by atoms with E-state index in [9.17, 15) is 14.1 Å². The molecule has 1 rings (SSSR count). The monoisotopic (exact) mass is 369 g/mol. The minimum atomic E-state index is -2.54. The summed E-state index contributed by atoms with van der Waals surface area (Å²) >= 11 is -2.54. The second kappa shape index (κ2) is 8.08. The molecule has 1 amide bonds. The average Bonchev–Trinajstić information content (AvgIpc) is 2.45. The molecule has 0 aliphatic rings. The van der Waals surface area contributed by atoms with Crippen LogP contribution in [0, 0.1) is 0 Å². The van der Waals surface area contributed by atoms with E-state index < -0.39 is 22.7 Å². The Kier molecular flexibility index (Phi) is 6.65. The summed E-state index contributed by atoms with van der Waals surface area (Å²) in [7, 11) is 3.11. The van der Waals surface area contributed by atoms with Gasteiger partial charge in [-0.3, -0.25) is 14.3 Å². The highest BCUT2D eigenvalue weighted by molar-refractivity contribution is 7.78. The average molecular weight is 369 g/mol. The van der Waals surface area contributed by atoms with Crippen molar-refractivity contribution in [2.75, 3.05) is 19.4 Å². The lowest BCUT2D eigenvalue weighted by atomic mass is 10.1. The molecule has 0 heterocycles. The summed E-state index contributed by atoms with van der Waals surface area (Å²) in [6.07, 6.45) is 0. The van der Waals surface area contributed by atoms with Crippen molar-refractivity contribution >= 4 is 34.5 Å². The van der Waals surface area contributed by atoms with Crippen LogP contribution in [0.25, 0.3) is 0 Å². The third kappa shape index (κ3) is 6.16. The van der Waals surface area contributed by atoms with Crippen molar-refractivity contribution in [1.29, 1.82) is 0 Å². The number of carbonyl (C=O) groups is 1. The molecule has 10 heteroatoms. The SMILES string of the molecule is CN(C)C(=O)c1cccc(NC(=NS(=O)O)C(N)=NC(C)(C)C)c1O. The summed E-state index contributed by atoms with van der Waals surface area (Å²) in [5, 5.41) is 13.0. The van der Waals surface area contributed by atoms with Gasteiger partial charge in [-0.15, -0.1) is 4.40 Å². The highest BCUT2D eigenvalue weighted by Gasteiger charge is 2.19. The first-order valence-electron chi connectivity index (χ1n) is 7.28. The third-order valence-corrected chi connectivity index (χ3v) is 3.13. The number of nitrogens with two attached hydrogens (primary N) is 1. The van der Waals surface area contributed by atoms with Crippen molar-refractivity contribution in [3.63, 3.8) is 0 Å². The number of nitrogens with one attached hydrogen (secondary N) is 1. The van der Waals surface area contributed by atoms with Gasteiger partial charge in [0.1, 0.15) is 0 Å². The zero-order chi connectivity index (χ0) is 19.4. The number of hydrogen-bond donors (Lipinski definition) is 4. The number of amides is 1. The van der Waals surface area contributed by atoms with E-state index in [1.54, 1.807) is 40.9 Å². The van der Waals surface area contributed by atoms with Crippen LogP contribution < -0.4 is 11.1 Å². The fourth-order valence-corrected chi connectivity index (χ4v) is 2.11. The Bertz CT molecular complexity index is 738. The van der Waals surface area contributed by atoms with Gasteiger partial charge < -0.3 is 21.1 Å². The number of benzene rings is 1. The van der Waals surface area contributed by atoms with Crippen LogP contribution in [0.3, 0.4) is 0 Å². The molecule has 0 saturated heterocycles. The van der Waals surface area contributed by atoms with Crippen LogP contribution in [-0.4, -0.2) is 56.0 Å². The number of para-hydroxylation sites is 1. The van der Waals surface area contributed by atoms with Gasteiger partial charge in [-0.1, -0.05) is 6.07 Å². The van der Waals surface area contributed by atoms with Gasteiger partial charge in [-0.25, -0.2) is 4.21 Å². The van der Waals surface area contributed by atoms with Crippen LogP contribution in [0.5, 0.6) is 5.75 Å². The smallest absolute Gasteiger partial charge is 0.284 e. The predicted molar refractivity (Wildman–Crippen MR) is 99.3 cm³/mol. The van der Waals surface area contributed by atoms with E-state index in [0.29, 0.717) is 0 Å². The van der Waals surface area contributed by atoms with Crippen LogP contribution in [-0.2, 0) is 11.3 Å². The molecule has 9 nitrogen and oxygen atoms in total. The zero-order valence-electron chi connectivity index (χ0n) is 14.8. The van der Waals surface area contributed by atoms with E-state index >= 15 is 0 Å². The molecular formula is C15H23N5O4S. The normalized spacial score (nSPS) is 14.2. The summed E-state index contributed by atoms with van der Waals surface area (Å²) in [6.45, 7) is 5.38. The molecule has 0 fully saturated rings. The molecule has 25 heavy (non-hydrogen) atoms. The number of rotatable bonds is 3. The van der Waals surface area contributed by atoms with Gasteiger partial charge in [0.15, 0.2) is 17.4 Å². The maximum atomic E-state index is 12.1. The molecule has 0 radical (unpaired) electrons. The highest BCUT2D eigenvalue weighted by Crippen LogP contribution is 2.28. The number of phenolic OH excluding ortho intramolecular Hbond substituents is 1. The predicted octanol–water partition coefficient (Wildman–Crippen LogP) is 1.20. The Balaban J connectivity index is 3.32. The van der Waals surface area contributed by atoms with Gasteiger partial charge in [0, 0.05) is 14.1 Å². The minimum absolute atomic E-state index is 0.0609. The zero-order valence-corrected chi connectivity index (χ0v) is 15.6. The van der Waals surface area contributed by atoms with Crippen LogP contribution in [0.1, 0.15) is 31.1 Å². The molecule has 0 aromatic heterocycles. The molecule has 5 N–H and O–H groups in total. The van der Waals surface area contributed by atoms with E-state index in [2.05, 4.69) is 14.7 Å². The first-order valence-corrected chi connectivity index (χ1v) is 8.34. The maximum Gasteiger partial charge on any atom is 0.284 e. The van der Waals surface area contributed by atoms with Crippen molar-refractivity contribution in [3.8, 4) is 5.75 Å². The van der Waals surface area contributed by atoms with Gasteiger partial charge in [0.2, 0.25) is 0 Å². The second-order valence-corrected chi connectivity index (χ2v) is 7.01. The molecule has 0 aliphatic carbocycles. The number of aromatic hydroxyl groups is 1. The van der Waals surface area contributed by atoms with E-state index in [1.165, 1.54) is 17.0 Å². The van der Waals surface area contributed by atoms with Crippen molar-refractivity contribution in [2.45, 2.75) is 26.3 Å². The van der Waals surface area contributed by atoms with Crippen molar-refractivity contribution < 1.29 is 18.7 Å². The molecule has 0 saturated carbocycles. The Morgan fingerprint density at radius 2 is 1.92 bits per heavy atom. The lowest BCUT2D eigenvalue weighted by molar-refractivity contribution is 0.0824. The molecule has 138 valence electrons.